The molecule has 1 aromatic carbocycles. The summed E-state index contributed by atoms with van der Waals surface area (Å²) in [5, 5.41) is 19.6. The van der Waals surface area contributed by atoms with Crippen LogP contribution in [0, 0.1) is 0 Å². The predicted molar refractivity (Wildman–Crippen MR) is 85.6 cm³/mol. The summed E-state index contributed by atoms with van der Waals surface area (Å²) in [5.74, 6) is 0.670. The van der Waals surface area contributed by atoms with Crippen molar-refractivity contribution in [2.24, 2.45) is 0 Å². The Balaban J connectivity index is 1.47. The summed E-state index contributed by atoms with van der Waals surface area (Å²) in [6.45, 7) is 0.563. The highest BCUT2D eigenvalue weighted by Crippen LogP contribution is 2.28. The topological polar surface area (TPSA) is 87.4 Å². The van der Waals surface area contributed by atoms with Crippen molar-refractivity contribution in [1.82, 2.24) is 15.8 Å². The maximum atomic E-state index is 11.8. The van der Waals surface area contributed by atoms with Crippen LogP contribution in [-0.2, 0) is 6.54 Å². The van der Waals surface area contributed by atoms with Gasteiger partial charge in [-0.1, -0.05) is 48.3 Å². The van der Waals surface area contributed by atoms with Crippen molar-refractivity contribution >= 4 is 6.03 Å². The van der Waals surface area contributed by atoms with E-state index in [1.165, 1.54) is 0 Å². The van der Waals surface area contributed by atoms with E-state index in [1.807, 2.05) is 30.3 Å². The number of benzene rings is 1. The average Bonchev–Trinajstić information content (AvgIpc) is 3.22. The molecule has 1 fully saturated rings. The van der Waals surface area contributed by atoms with Gasteiger partial charge in [0.2, 0.25) is 0 Å². The molecule has 0 unspecified atom stereocenters. The van der Waals surface area contributed by atoms with Gasteiger partial charge in [-0.05, 0) is 12.8 Å². The van der Waals surface area contributed by atoms with Crippen LogP contribution >= 0.6 is 0 Å². The predicted octanol–water partition coefficient (Wildman–Crippen LogP) is 2.45. The number of hydrogen-bond acceptors (Lipinski definition) is 4. The van der Waals surface area contributed by atoms with Gasteiger partial charge in [0.1, 0.15) is 5.69 Å². The lowest BCUT2D eigenvalue weighted by Crippen LogP contribution is -2.44. The van der Waals surface area contributed by atoms with Gasteiger partial charge in [-0.2, -0.15) is 0 Å². The zero-order valence-electron chi connectivity index (χ0n) is 12.9. The smallest absolute Gasteiger partial charge is 0.315 e. The van der Waals surface area contributed by atoms with Crippen molar-refractivity contribution in [2.75, 3.05) is 6.54 Å². The minimum atomic E-state index is -0.744. The molecule has 1 aromatic heterocycles. The average molecular weight is 315 g/mol. The van der Waals surface area contributed by atoms with Crippen LogP contribution in [0.15, 0.2) is 40.9 Å². The fraction of sp³-hybridized carbons (Fsp3) is 0.412. The third kappa shape index (κ3) is 4.10. The van der Waals surface area contributed by atoms with Crippen molar-refractivity contribution in [1.29, 1.82) is 0 Å². The van der Waals surface area contributed by atoms with Crippen molar-refractivity contribution in [2.45, 2.75) is 37.8 Å². The van der Waals surface area contributed by atoms with E-state index < -0.39 is 5.60 Å². The summed E-state index contributed by atoms with van der Waals surface area (Å²) >= 11 is 0. The summed E-state index contributed by atoms with van der Waals surface area (Å²) < 4.78 is 5.28. The zero-order chi connectivity index (χ0) is 16.1. The monoisotopic (exact) mass is 315 g/mol. The summed E-state index contributed by atoms with van der Waals surface area (Å²) in [6, 6.07) is 11.2. The quantitative estimate of drug-likeness (QED) is 0.791. The van der Waals surface area contributed by atoms with E-state index in [-0.39, 0.29) is 19.1 Å². The Morgan fingerprint density at radius 2 is 1.96 bits per heavy atom. The van der Waals surface area contributed by atoms with Gasteiger partial charge in [-0.3, -0.25) is 0 Å². The molecule has 0 spiro atoms. The number of carbonyl (C=O) groups is 1. The molecular weight excluding hydrogens is 294 g/mol. The van der Waals surface area contributed by atoms with Gasteiger partial charge in [0.25, 0.3) is 0 Å². The molecule has 6 heteroatoms. The normalized spacial score (nSPS) is 16.2. The lowest BCUT2D eigenvalue weighted by molar-refractivity contribution is 0.0501. The summed E-state index contributed by atoms with van der Waals surface area (Å²) in [6.07, 6.45) is 3.52. The van der Waals surface area contributed by atoms with Crippen molar-refractivity contribution in [3.8, 4) is 11.3 Å². The second kappa shape index (κ2) is 6.83. The number of nitrogens with one attached hydrogen (secondary N) is 2. The maximum Gasteiger partial charge on any atom is 0.315 e. The number of rotatable bonds is 5. The molecule has 0 saturated heterocycles. The minimum absolute atomic E-state index is 0.278. The number of aliphatic hydroxyl groups is 1. The molecule has 2 aromatic rings. The molecule has 3 N–H and O–H groups in total. The van der Waals surface area contributed by atoms with E-state index in [4.69, 9.17) is 4.52 Å². The lowest BCUT2D eigenvalue weighted by Gasteiger charge is -2.22. The Bertz CT molecular complexity index is 648. The van der Waals surface area contributed by atoms with Gasteiger partial charge < -0.3 is 20.3 Å². The van der Waals surface area contributed by atoms with Crippen LogP contribution in [0.1, 0.15) is 31.4 Å². The Morgan fingerprint density at radius 1 is 1.22 bits per heavy atom. The second-order valence-corrected chi connectivity index (χ2v) is 6.02. The van der Waals surface area contributed by atoms with E-state index in [0.29, 0.717) is 11.5 Å². The van der Waals surface area contributed by atoms with E-state index in [1.54, 1.807) is 6.07 Å². The van der Waals surface area contributed by atoms with Gasteiger partial charge in [0, 0.05) is 18.2 Å². The van der Waals surface area contributed by atoms with Crippen LogP contribution in [0.4, 0.5) is 4.79 Å². The number of carbonyl (C=O) groups excluding carboxylic acids is 1. The van der Waals surface area contributed by atoms with Crippen molar-refractivity contribution in [3.05, 3.63) is 42.1 Å². The first-order chi connectivity index (χ1) is 11.1. The van der Waals surface area contributed by atoms with E-state index in [0.717, 1.165) is 31.2 Å². The highest BCUT2D eigenvalue weighted by atomic mass is 16.5. The van der Waals surface area contributed by atoms with Crippen LogP contribution in [0.25, 0.3) is 11.3 Å². The van der Waals surface area contributed by atoms with E-state index in [9.17, 15) is 9.90 Å². The molecule has 0 radical (unpaired) electrons. The molecule has 0 aliphatic heterocycles. The first kappa shape index (κ1) is 15.6. The van der Waals surface area contributed by atoms with Gasteiger partial charge in [-0.15, -0.1) is 0 Å². The molecule has 0 bridgehead atoms. The zero-order valence-corrected chi connectivity index (χ0v) is 12.9. The number of amides is 2. The summed E-state index contributed by atoms with van der Waals surface area (Å²) in [7, 11) is 0. The van der Waals surface area contributed by atoms with Gasteiger partial charge >= 0.3 is 6.03 Å². The summed E-state index contributed by atoms with van der Waals surface area (Å²) in [4.78, 5) is 11.8. The molecule has 1 heterocycles. The second-order valence-electron chi connectivity index (χ2n) is 6.02. The number of urea groups is 1. The Kier molecular flexibility index (Phi) is 4.62. The van der Waals surface area contributed by atoms with E-state index in [2.05, 4.69) is 15.8 Å². The standard InChI is InChI=1S/C17H21N3O3/c21-16(19-12-17(22)8-4-5-9-17)18-11-14-10-15(23-20-14)13-6-2-1-3-7-13/h1-3,6-7,10,22H,4-5,8-9,11-12H2,(H2,18,19,21). The largest absolute Gasteiger partial charge is 0.388 e. The van der Waals surface area contributed by atoms with Gasteiger partial charge in [-0.25, -0.2) is 4.79 Å². The van der Waals surface area contributed by atoms with Crippen LogP contribution in [0.3, 0.4) is 0 Å². The molecule has 1 saturated carbocycles. The number of nitrogens with zero attached hydrogens (tertiary/aromatic N) is 1. The lowest BCUT2D eigenvalue weighted by atomic mass is 10.0. The Morgan fingerprint density at radius 3 is 2.70 bits per heavy atom. The Hall–Kier alpha value is -2.34. The maximum absolute atomic E-state index is 11.8. The minimum Gasteiger partial charge on any atom is -0.388 e. The van der Waals surface area contributed by atoms with Crippen LogP contribution in [-0.4, -0.2) is 28.4 Å². The number of aromatic nitrogens is 1. The third-order valence-corrected chi connectivity index (χ3v) is 4.16. The molecule has 1 aliphatic rings. The van der Waals surface area contributed by atoms with Crippen LogP contribution in [0.5, 0.6) is 0 Å². The first-order valence-corrected chi connectivity index (χ1v) is 7.90. The van der Waals surface area contributed by atoms with Gasteiger partial charge in [0.05, 0.1) is 12.1 Å². The van der Waals surface area contributed by atoms with Crippen LogP contribution in [0.2, 0.25) is 0 Å². The van der Waals surface area contributed by atoms with Gasteiger partial charge in [0.15, 0.2) is 5.76 Å². The van der Waals surface area contributed by atoms with E-state index >= 15 is 0 Å². The fourth-order valence-electron chi connectivity index (χ4n) is 2.82. The molecule has 23 heavy (non-hydrogen) atoms. The molecule has 1 aliphatic carbocycles. The third-order valence-electron chi connectivity index (χ3n) is 4.16. The highest BCUT2D eigenvalue weighted by molar-refractivity contribution is 5.73. The molecule has 122 valence electrons. The van der Waals surface area contributed by atoms with Crippen molar-refractivity contribution < 1.29 is 14.4 Å². The summed E-state index contributed by atoms with van der Waals surface area (Å²) in [5.41, 5.74) is 0.851. The van der Waals surface area contributed by atoms with Crippen LogP contribution < -0.4 is 10.6 Å². The molecule has 0 atom stereocenters. The first-order valence-electron chi connectivity index (χ1n) is 7.90. The van der Waals surface area contributed by atoms with Crippen molar-refractivity contribution in [3.63, 3.8) is 0 Å². The molecular formula is C17H21N3O3. The molecule has 2 amide bonds. The SMILES string of the molecule is O=C(NCc1cc(-c2ccccc2)on1)NCC1(O)CCCC1. The fourth-order valence-corrected chi connectivity index (χ4v) is 2.82. The Labute approximate surface area is 134 Å². The highest BCUT2D eigenvalue weighted by Gasteiger charge is 2.31. The molecule has 3 rings (SSSR count). The molecule has 6 nitrogen and oxygen atoms in total. The number of hydrogen-bond donors (Lipinski definition) is 3.